The van der Waals surface area contributed by atoms with E-state index in [1.807, 2.05) is 6.92 Å². The van der Waals surface area contributed by atoms with Crippen molar-refractivity contribution in [3.05, 3.63) is 24.2 Å². The lowest BCUT2D eigenvalue weighted by Gasteiger charge is -2.16. The van der Waals surface area contributed by atoms with Gasteiger partial charge in [0, 0.05) is 18.4 Å². The van der Waals surface area contributed by atoms with Gasteiger partial charge in [0.25, 0.3) is 5.91 Å². The number of hydrogen-bond donors (Lipinski definition) is 0. The number of amides is 1. The summed E-state index contributed by atoms with van der Waals surface area (Å²) in [6, 6.07) is 3.37. The maximum absolute atomic E-state index is 11.6. The van der Waals surface area contributed by atoms with Crippen LogP contribution in [0.1, 0.15) is 17.5 Å². The maximum Gasteiger partial charge on any atom is 0.289 e. The molecule has 0 aliphatic rings. The molecule has 0 N–H and O–H groups in total. The first-order valence-corrected chi connectivity index (χ1v) is 4.96. The van der Waals surface area contributed by atoms with E-state index in [-0.39, 0.29) is 10.7 Å². The quantitative estimate of drug-likeness (QED) is 0.765. The number of nitrogens with zero attached hydrogens (tertiary/aromatic N) is 1. The summed E-state index contributed by atoms with van der Waals surface area (Å²) in [4.78, 5) is 13.5. The molecule has 0 radical (unpaired) electrons. The first kappa shape index (κ1) is 10.3. The van der Waals surface area contributed by atoms with Crippen LogP contribution in [0.15, 0.2) is 22.8 Å². The molecule has 0 fully saturated rings. The molecule has 0 saturated carbocycles. The summed E-state index contributed by atoms with van der Waals surface area (Å²) in [6.07, 6.45) is 1.50. The lowest BCUT2D eigenvalue weighted by molar-refractivity contribution is 0.0766. The molecule has 1 aromatic rings. The van der Waals surface area contributed by atoms with Crippen molar-refractivity contribution < 1.29 is 9.21 Å². The fraction of sp³-hybridized carbons (Fsp3) is 0.444. The van der Waals surface area contributed by atoms with Gasteiger partial charge in [-0.25, -0.2) is 0 Å². The second kappa shape index (κ2) is 4.46. The van der Waals surface area contributed by atoms with Crippen LogP contribution in [-0.2, 0) is 0 Å². The third-order valence-electron chi connectivity index (χ3n) is 1.60. The zero-order chi connectivity index (χ0) is 9.84. The smallest absolute Gasteiger partial charge is 0.289 e. The standard InChI is InChI=1S/C9H12BrNO2/c1-7(10)6-11(2)9(12)8-4-3-5-13-8/h3-5,7H,6H2,1-2H3. The van der Waals surface area contributed by atoms with Gasteiger partial charge in [0.1, 0.15) is 0 Å². The summed E-state index contributed by atoms with van der Waals surface area (Å²) in [5, 5.41) is 0. The van der Waals surface area contributed by atoms with Gasteiger partial charge in [0.05, 0.1) is 6.26 Å². The molecule has 0 aromatic carbocycles. The summed E-state index contributed by atoms with van der Waals surface area (Å²) in [7, 11) is 1.75. The van der Waals surface area contributed by atoms with E-state index in [1.54, 1.807) is 24.1 Å². The minimum atomic E-state index is -0.0868. The Bertz CT molecular complexity index is 269. The predicted octanol–water partition coefficient (Wildman–Crippen LogP) is 2.13. The average molecular weight is 246 g/mol. The molecule has 1 atom stereocenters. The molecule has 0 bridgehead atoms. The van der Waals surface area contributed by atoms with E-state index in [4.69, 9.17) is 4.42 Å². The lowest BCUT2D eigenvalue weighted by atomic mass is 10.3. The third-order valence-corrected chi connectivity index (χ3v) is 1.89. The Morgan fingerprint density at radius 2 is 2.46 bits per heavy atom. The number of rotatable bonds is 3. The molecule has 1 heterocycles. The Labute approximate surface area is 85.8 Å². The SMILES string of the molecule is CC(Br)CN(C)C(=O)c1ccco1. The molecule has 1 aromatic heterocycles. The number of hydrogen-bond acceptors (Lipinski definition) is 2. The van der Waals surface area contributed by atoms with Gasteiger partial charge in [-0.3, -0.25) is 4.79 Å². The molecule has 0 spiro atoms. The van der Waals surface area contributed by atoms with E-state index in [0.717, 1.165) is 0 Å². The van der Waals surface area contributed by atoms with Gasteiger partial charge in [0.15, 0.2) is 5.76 Å². The fourth-order valence-corrected chi connectivity index (χ4v) is 1.48. The Hall–Kier alpha value is -0.770. The molecular formula is C9H12BrNO2. The van der Waals surface area contributed by atoms with Crippen LogP contribution in [-0.4, -0.2) is 29.2 Å². The summed E-state index contributed by atoms with van der Waals surface area (Å²) in [5.74, 6) is 0.298. The third kappa shape index (κ3) is 2.88. The molecule has 13 heavy (non-hydrogen) atoms. The van der Waals surface area contributed by atoms with Crippen molar-refractivity contribution in [3.63, 3.8) is 0 Å². The Kier molecular flexibility index (Phi) is 3.54. The van der Waals surface area contributed by atoms with Crippen molar-refractivity contribution in [2.24, 2.45) is 0 Å². The van der Waals surface area contributed by atoms with Crippen molar-refractivity contribution in [2.45, 2.75) is 11.8 Å². The molecule has 72 valence electrons. The van der Waals surface area contributed by atoms with Crippen LogP contribution in [0.3, 0.4) is 0 Å². The lowest BCUT2D eigenvalue weighted by Crippen LogP contribution is -2.30. The van der Waals surface area contributed by atoms with Crippen LogP contribution in [0.25, 0.3) is 0 Å². The summed E-state index contributed by atoms with van der Waals surface area (Å²) in [5.41, 5.74) is 0. The van der Waals surface area contributed by atoms with Crippen LogP contribution in [0.2, 0.25) is 0 Å². The van der Waals surface area contributed by atoms with Gasteiger partial charge >= 0.3 is 0 Å². The van der Waals surface area contributed by atoms with Crippen LogP contribution in [0, 0.1) is 0 Å². The molecule has 1 unspecified atom stereocenters. The van der Waals surface area contributed by atoms with E-state index in [1.165, 1.54) is 6.26 Å². The van der Waals surface area contributed by atoms with Crippen LogP contribution in [0.5, 0.6) is 0 Å². The largest absolute Gasteiger partial charge is 0.459 e. The van der Waals surface area contributed by atoms with Gasteiger partial charge in [0.2, 0.25) is 0 Å². The Morgan fingerprint density at radius 1 is 1.77 bits per heavy atom. The van der Waals surface area contributed by atoms with Crippen LogP contribution >= 0.6 is 15.9 Å². The minimum absolute atomic E-state index is 0.0868. The van der Waals surface area contributed by atoms with Gasteiger partial charge < -0.3 is 9.32 Å². The molecule has 3 nitrogen and oxygen atoms in total. The summed E-state index contributed by atoms with van der Waals surface area (Å²) in [6.45, 7) is 2.66. The van der Waals surface area contributed by atoms with E-state index in [9.17, 15) is 4.79 Å². The van der Waals surface area contributed by atoms with Gasteiger partial charge in [-0.1, -0.05) is 22.9 Å². The summed E-state index contributed by atoms with van der Waals surface area (Å²) >= 11 is 3.38. The highest BCUT2D eigenvalue weighted by Gasteiger charge is 2.14. The normalized spacial score (nSPS) is 12.5. The number of carbonyl (C=O) groups is 1. The zero-order valence-electron chi connectivity index (χ0n) is 7.66. The van der Waals surface area contributed by atoms with Crippen molar-refractivity contribution in [1.82, 2.24) is 4.90 Å². The number of carbonyl (C=O) groups excluding carboxylic acids is 1. The van der Waals surface area contributed by atoms with Gasteiger partial charge in [-0.2, -0.15) is 0 Å². The van der Waals surface area contributed by atoms with Crippen molar-refractivity contribution in [1.29, 1.82) is 0 Å². The van der Waals surface area contributed by atoms with Crippen LogP contribution < -0.4 is 0 Å². The fourth-order valence-electron chi connectivity index (χ4n) is 1.05. The van der Waals surface area contributed by atoms with E-state index in [2.05, 4.69) is 15.9 Å². The maximum atomic E-state index is 11.6. The molecule has 0 aliphatic heterocycles. The first-order valence-electron chi connectivity index (χ1n) is 4.04. The van der Waals surface area contributed by atoms with E-state index < -0.39 is 0 Å². The second-order valence-corrected chi connectivity index (χ2v) is 4.51. The Balaban J connectivity index is 2.58. The first-order chi connectivity index (χ1) is 6.11. The van der Waals surface area contributed by atoms with Crippen molar-refractivity contribution in [3.8, 4) is 0 Å². The monoisotopic (exact) mass is 245 g/mol. The van der Waals surface area contributed by atoms with Gasteiger partial charge in [-0.15, -0.1) is 0 Å². The second-order valence-electron chi connectivity index (χ2n) is 2.94. The molecular weight excluding hydrogens is 234 g/mol. The van der Waals surface area contributed by atoms with E-state index in [0.29, 0.717) is 12.3 Å². The van der Waals surface area contributed by atoms with Gasteiger partial charge in [-0.05, 0) is 12.1 Å². The summed E-state index contributed by atoms with van der Waals surface area (Å²) < 4.78 is 4.99. The Morgan fingerprint density at radius 3 is 2.92 bits per heavy atom. The highest BCUT2D eigenvalue weighted by Crippen LogP contribution is 2.06. The topological polar surface area (TPSA) is 33.5 Å². The number of halogens is 1. The average Bonchev–Trinajstić information content (AvgIpc) is 2.53. The minimum Gasteiger partial charge on any atom is -0.459 e. The molecule has 4 heteroatoms. The van der Waals surface area contributed by atoms with Crippen molar-refractivity contribution >= 4 is 21.8 Å². The number of alkyl halides is 1. The predicted molar refractivity (Wildman–Crippen MR) is 54.1 cm³/mol. The van der Waals surface area contributed by atoms with Crippen LogP contribution in [0.4, 0.5) is 0 Å². The molecule has 1 rings (SSSR count). The highest BCUT2D eigenvalue weighted by molar-refractivity contribution is 9.09. The van der Waals surface area contributed by atoms with Crippen molar-refractivity contribution in [2.75, 3.05) is 13.6 Å². The highest BCUT2D eigenvalue weighted by atomic mass is 79.9. The zero-order valence-corrected chi connectivity index (χ0v) is 9.24. The van der Waals surface area contributed by atoms with E-state index >= 15 is 0 Å². The molecule has 0 saturated heterocycles. The molecule has 1 amide bonds. The molecule has 0 aliphatic carbocycles. The number of furan rings is 1.